The third-order valence-corrected chi connectivity index (χ3v) is 1.74. The van der Waals surface area contributed by atoms with Gasteiger partial charge in [0.15, 0.2) is 0 Å². The summed E-state index contributed by atoms with van der Waals surface area (Å²) in [6, 6.07) is 0. The van der Waals surface area contributed by atoms with Crippen molar-refractivity contribution in [1.29, 1.82) is 0 Å². The van der Waals surface area contributed by atoms with E-state index in [0.717, 1.165) is 5.56 Å². The normalized spacial score (nSPS) is 12.4. The van der Waals surface area contributed by atoms with Crippen LogP contribution in [0.2, 0.25) is 0 Å². The highest BCUT2D eigenvalue weighted by Crippen LogP contribution is 2.16. The van der Waals surface area contributed by atoms with Crippen LogP contribution in [0.1, 0.15) is 24.8 Å². The summed E-state index contributed by atoms with van der Waals surface area (Å²) < 4.78 is 0. The smallest absolute Gasteiger partial charge is 0.303 e. The van der Waals surface area contributed by atoms with Crippen molar-refractivity contribution in [1.82, 2.24) is 9.97 Å². The minimum atomic E-state index is -0.829. The predicted molar refractivity (Wildman–Crippen MR) is 47.1 cm³/mol. The lowest BCUT2D eigenvalue weighted by Gasteiger charge is -2.07. The molecule has 3 N–H and O–H groups in total. The van der Waals surface area contributed by atoms with Crippen molar-refractivity contribution in [3.63, 3.8) is 0 Å². The van der Waals surface area contributed by atoms with Crippen LogP contribution in [-0.2, 0) is 4.79 Å². The van der Waals surface area contributed by atoms with Crippen LogP contribution < -0.4 is 5.73 Å². The number of anilines is 1. The first kappa shape index (κ1) is 9.44. The molecule has 0 radical (unpaired) electrons. The molecule has 0 fully saturated rings. The molecule has 0 saturated carbocycles. The van der Waals surface area contributed by atoms with E-state index in [4.69, 9.17) is 10.8 Å². The number of hydrogen-bond acceptors (Lipinski definition) is 4. The zero-order valence-corrected chi connectivity index (χ0v) is 7.27. The highest BCUT2D eigenvalue weighted by atomic mass is 16.4. The van der Waals surface area contributed by atoms with Crippen LogP contribution in [0.15, 0.2) is 12.4 Å². The molecule has 1 atom stereocenters. The van der Waals surface area contributed by atoms with Crippen LogP contribution in [0.4, 0.5) is 5.95 Å². The van der Waals surface area contributed by atoms with Gasteiger partial charge in [0, 0.05) is 12.4 Å². The molecule has 0 unspecified atom stereocenters. The summed E-state index contributed by atoms with van der Waals surface area (Å²) in [5, 5.41) is 8.53. The summed E-state index contributed by atoms with van der Waals surface area (Å²) in [4.78, 5) is 17.9. The number of carboxylic acids is 1. The van der Waals surface area contributed by atoms with Crippen molar-refractivity contribution >= 4 is 11.9 Å². The third kappa shape index (κ3) is 2.70. The maximum absolute atomic E-state index is 10.4. The predicted octanol–water partition coefficient (Wildman–Crippen LogP) is 0.637. The molecule has 0 amide bonds. The number of rotatable bonds is 3. The highest BCUT2D eigenvalue weighted by molar-refractivity contribution is 5.67. The van der Waals surface area contributed by atoms with Crippen molar-refractivity contribution in [2.75, 3.05) is 5.73 Å². The largest absolute Gasteiger partial charge is 0.481 e. The van der Waals surface area contributed by atoms with E-state index in [2.05, 4.69) is 9.97 Å². The molecule has 5 heteroatoms. The minimum absolute atomic E-state index is 0.0767. The van der Waals surface area contributed by atoms with Crippen LogP contribution in [0.3, 0.4) is 0 Å². The molecule has 1 rings (SSSR count). The van der Waals surface area contributed by atoms with Gasteiger partial charge in [-0.1, -0.05) is 6.92 Å². The van der Waals surface area contributed by atoms with Gasteiger partial charge < -0.3 is 10.8 Å². The van der Waals surface area contributed by atoms with Crippen LogP contribution in [0, 0.1) is 0 Å². The molecule has 1 aromatic rings. The lowest BCUT2D eigenvalue weighted by molar-refractivity contribution is -0.137. The minimum Gasteiger partial charge on any atom is -0.481 e. The quantitative estimate of drug-likeness (QED) is 0.714. The zero-order valence-electron chi connectivity index (χ0n) is 7.27. The van der Waals surface area contributed by atoms with Crippen molar-refractivity contribution in [2.24, 2.45) is 0 Å². The summed E-state index contributed by atoms with van der Waals surface area (Å²) >= 11 is 0. The number of carbonyl (C=O) groups is 1. The van der Waals surface area contributed by atoms with Gasteiger partial charge in [-0.2, -0.15) is 0 Å². The lowest BCUT2D eigenvalue weighted by Crippen LogP contribution is -2.04. The second-order valence-electron chi connectivity index (χ2n) is 2.87. The second-order valence-corrected chi connectivity index (χ2v) is 2.87. The number of hydrogen-bond donors (Lipinski definition) is 2. The first-order valence-electron chi connectivity index (χ1n) is 3.89. The van der Waals surface area contributed by atoms with Gasteiger partial charge in [-0.05, 0) is 11.5 Å². The van der Waals surface area contributed by atoms with E-state index in [0.29, 0.717) is 0 Å². The highest BCUT2D eigenvalue weighted by Gasteiger charge is 2.10. The topological polar surface area (TPSA) is 89.1 Å². The Morgan fingerprint density at radius 1 is 1.62 bits per heavy atom. The molecule has 1 heterocycles. The van der Waals surface area contributed by atoms with Crippen LogP contribution in [0.25, 0.3) is 0 Å². The molecule has 0 aliphatic carbocycles. The number of aromatic nitrogens is 2. The van der Waals surface area contributed by atoms with E-state index < -0.39 is 5.97 Å². The average Bonchev–Trinajstić information content (AvgIpc) is 2.04. The van der Waals surface area contributed by atoms with Gasteiger partial charge in [-0.3, -0.25) is 4.79 Å². The molecule has 13 heavy (non-hydrogen) atoms. The van der Waals surface area contributed by atoms with E-state index in [1.807, 2.05) is 6.92 Å². The monoisotopic (exact) mass is 181 g/mol. The molecule has 70 valence electrons. The Labute approximate surface area is 75.6 Å². The average molecular weight is 181 g/mol. The van der Waals surface area contributed by atoms with Crippen molar-refractivity contribution < 1.29 is 9.90 Å². The van der Waals surface area contributed by atoms with E-state index in [9.17, 15) is 4.79 Å². The fourth-order valence-electron chi connectivity index (χ4n) is 0.982. The summed E-state index contributed by atoms with van der Waals surface area (Å²) in [6.45, 7) is 1.81. The Morgan fingerprint density at radius 3 is 2.62 bits per heavy atom. The SMILES string of the molecule is C[C@@H](CC(=O)O)c1cnc(N)nc1. The van der Waals surface area contributed by atoms with Crippen LogP contribution >= 0.6 is 0 Å². The summed E-state index contributed by atoms with van der Waals surface area (Å²) in [7, 11) is 0. The zero-order chi connectivity index (χ0) is 9.84. The van der Waals surface area contributed by atoms with E-state index >= 15 is 0 Å². The van der Waals surface area contributed by atoms with E-state index in [-0.39, 0.29) is 18.3 Å². The fourth-order valence-corrected chi connectivity index (χ4v) is 0.982. The number of nitrogens with two attached hydrogens (primary N) is 1. The molecule has 0 aliphatic rings. The Hall–Kier alpha value is -1.65. The molecule has 5 nitrogen and oxygen atoms in total. The first-order chi connectivity index (χ1) is 6.09. The Balaban J connectivity index is 2.71. The fraction of sp³-hybridized carbons (Fsp3) is 0.375. The number of nitrogens with zero attached hydrogens (tertiary/aromatic N) is 2. The first-order valence-corrected chi connectivity index (χ1v) is 3.89. The van der Waals surface area contributed by atoms with E-state index in [1.165, 1.54) is 0 Å². The molecular formula is C8H11N3O2. The lowest BCUT2D eigenvalue weighted by atomic mass is 10.0. The standard InChI is InChI=1S/C8H11N3O2/c1-5(2-7(12)13)6-3-10-8(9)11-4-6/h3-5H,2H2,1H3,(H,12,13)(H2,9,10,11)/t5-/m0/s1. The maximum atomic E-state index is 10.4. The Kier molecular flexibility index (Phi) is 2.79. The Morgan fingerprint density at radius 2 is 2.15 bits per heavy atom. The third-order valence-electron chi connectivity index (χ3n) is 1.74. The van der Waals surface area contributed by atoms with Gasteiger partial charge in [0.05, 0.1) is 6.42 Å². The molecular weight excluding hydrogens is 170 g/mol. The molecule has 0 spiro atoms. The summed E-state index contributed by atoms with van der Waals surface area (Å²) in [6.07, 6.45) is 3.18. The molecule has 0 saturated heterocycles. The van der Waals surface area contributed by atoms with Crippen molar-refractivity contribution in [3.8, 4) is 0 Å². The van der Waals surface area contributed by atoms with Gasteiger partial charge in [0.1, 0.15) is 0 Å². The van der Waals surface area contributed by atoms with Crippen LogP contribution in [-0.4, -0.2) is 21.0 Å². The second kappa shape index (κ2) is 3.84. The van der Waals surface area contributed by atoms with Gasteiger partial charge in [0.25, 0.3) is 0 Å². The van der Waals surface area contributed by atoms with Gasteiger partial charge in [-0.15, -0.1) is 0 Å². The number of carboxylic acid groups (broad SMARTS) is 1. The van der Waals surface area contributed by atoms with Crippen LogP contribution in [0.5, 0.6) is 0 Å². The number of nitrogen functional groups attached to an aromatic ring is 1. The summed E-state index contributed by atoms with van der Waals surface area (Å²) in [5.74, 6) is -0.714. The molecule has 0 aromatic carbocycles. The van der Waals surface area contributed by atoms with Crippen molar-refractivity contribution in [2.45, 2.75) is 19.3 Å². The molecule has 1 aromatic heterocycles. The maximum Gasteiger partial charge on any atom is 0.303 e. The number of aliphatic carboxylic acids is 1. The molecule has 0 aliphatic heterocycles. The molecule has 0 bridgehead atoms. The van der Waals surface area contributed by atoms with E-state index in [1.54, 1.807) is 12.4 Å². The van der Waals surface area contributed by atoms with Gasteiger partial charge >= 0.3 is 5.97 Å². The Bertz CT molecular complexity index is 297. The van der Waals surface area contributed by atoms with Gasteiger partial charge in [-0.25, -0.2) is 9.97 Å². The van der Waals surface area contributed by atoms with Gasteiger partial charge in [0.2, 0.25) is 5.95 Å². The summed E-state index contributed by atoms with van der Waals surface area (Å²) in [5.41, 5.74) is 6.08. The van der Waals surface area contributed by atoms with Crippen molar-refractivity contribution in [3.05, 3.63) is 18.0 Å².